The van der Waals surface area contributed by atoms with Crippen molar-refractivity contribution in [1.29, 1.82) is 0 Å². The van der Waals surface area contributed by atoms with Crippen molar-refractivity contribution in [3.8, 4) is 23.0 Å². The second-order valence-corrected chi connectivity index (χ2v) is 5.56. The van der Waals surface area contributed by atoms with Gasteiger partial charge >= 0.3 is 11.9 Å². The zero-order chi connectivity index (χ0) is 20.3. The number of aromatic carboxylic acids is 2. The third-order valence-corrected chi connectivity index (χ3v) is 3.76. The normalized spacial score (nSPS) is 10.0. The van der Waals surface area contributed by atoms with E-state index < -0.39 is 34.4 Å². The van der Waals surface area contributed by atoms with Gasteiger partial charge in [-0.2, -0.15) is 0 Å². The van der Waals surface area contributed by atoms with Crippen LogP contribution in [0.5, 0.6) is 0 Å². The van der Waals surface area contributed by atoms with Crippen molar-refractivity contribution in [1.82, 2.24) is 15.0 Å². The standard InChI is InChI=1S/C19H12N4O5/c20-16-14(18(25)26)13(15(19(27)28)17(24)23-16)12-5-3-10(4-6-12)1-2-11-7-21-9-22-8-11/h3-9H,(H,25,26)(H,27,28)(H3,20,23,24). The van der Waals surface area contributed by atoms with Crippen LogP contribution in [0, 0.1) is 11.8 Å². The number of hydrogen-bond donors (Lipinski definition) is 4. The Morgan fingerprint density at radius 2 is 1.50 bits per heavy atom. The molecule has 1 aromatic carbocycles. The zero-order valence-corrected chi connectivity index (χ0v) is 14.1. The monoisotopic (exact) mass is 376 g/mol. The van der Waals surface area contributed by atoms with Crippen LogP contribution in [-0.2, 0) is 0 Å². The smallest absolute Gasteiger partial charge is 0.342 e. The molecule has 0 saturated carbocycles. The van der Waals surface area contributed by atoms with Gasteiger partial charge in [0.15, 0.2) is 0 Å². The number of pyridine rings is 1. The van der Waals surface area contributed by atoms with Crippen molar-refractivity contribution < 1.29 is 19.8 Å². The summed E-state index contributed by atoms with van der Waals surface area (Å²) in [5.74, 6) is 2.29. The first-order valence-electron chi connectivity index (χ1n) is 7.78. The molecule has 0 atom stereocenters. The summed E-state index contributed by atoms with van der Waals surface area (Å²) < 4.78 is 0. The second-order valence-electron chi connectivity index (χ2n) is 5.56. The summed E-state index contributed by atoms with van der Waals surface area (Å²) in [5, 5.41) is 18.8. The average Bonchev–Trinajstić information content (AvgIpc) is 2.66. The predicted octanol–water partition coefficient (Wildman–Crippen LogP) is 1.21. The molecular weight excluding hydrogens is 364 g/mol. The first kappa shape index (κ1) is 18.3. The highest BCUT2D eigenvalue weighted by molar-refractivity contribution is 6.07. The summed E-state index contributed by atoms with van der Waals surface area (Å²) in [5.41, 5.74) is 4.56. The van der Waals surface area contributed by atoms with Crippen molar-refractivity contribution in [3.05, 3.63) is 75.6 Å². The van der Waals surface area contributed by atoms with E-state index in [1.807, 2.05) is 0 Å². The first-order chi connectivity index (χ1) is 13.4. The minimum Gasteiger partial charge on any atom is -0.478 e. The largest absolute Gasteiger partial charge is 0.478 e. The summed E-state index contributed by atoms with van der Waals surface area (Å²) in [4.78, 5) is 44.9. The van der Waals surface area contributed by atoms with E-state index in [2.05, 4.69) is 26.8 Å². The lowest BCUT2D eigenvalue weighted by Gasteiger charge is -2.12. The highest BCUT2D eigenvalue weighted by Gasteiger charge is 2.26. The number of benzene rings is 1. The molecule has 9 nitrogen and oxygen atoms in total. The van der Waals surface area contributed by atoms with Crippen LogP contribution in [0.1, 0.15) is 31.8 Å². The molecule has 0 saturated heterocycles. The number of nitrogen functional groups attached to an aromatic ring is 1. The number of aromatic nitrogens is 3. The quantitative estimate of drug-likeness (QED) is 0.496. The molecule has 0 aliphatic heterocycles. The summed E-state index contributed by atoms with van der Waals surface area (Å²) in [6, 6.07) is 6.08. The Balaban J connectivity index is 2.12. The Kier molecular flexibility index (Phi) is 4.87. The molecule has 5 N–H and O–H groups in total. The number of aromatic amines is 1. The van der Waals surface area contributed by atoms with Crippen LogP contribution in [0.2, 0.25) is 0 Å². The number of carboxylic acid groups (broad SMARTS) is 2. The molecule has 9 heteroatoms. The molecule has 2 heterocycles. The van der Waals surface area contributed by atoms with Gasteiger partial charge in [-0.25, -0.2) is 19.6 Å². The highest BCUT2D eigenvalue weighted by Crippen LogP contribution is 2.29. The summed E-state index contributed by atoms with van der Waals surface area (Å²) in [6.45, 7) is 0. The van der Waals surface area contributed by atoms with Crippen LogP contribution in [0.25, 0.3) is 11.1 Å². The molecular formula is C19H12N4O5. The van der Waals surface area contributed by atoms with Gasteiger partial charge in [-0.3, -0.25) is 4.79 Å². The maximum absolute atomic E-state index is 12.0. The van der Waals surface area contributed by atoms with E-state index in [0.29, 0.717) is 11.1 Å². The lowest BCUT2D eigenvalue weighted by atomic mass is 9.95. The fourth-order valence-electron chi connectivity index (χ4n) is 2.56. The van der Waals surface area contributed by atoms with Crippen molar-refractivity contribution in [2.45, 2.75) is 0 Å². The van der Waals surface area contributed by atoms with Gasteiger partial charge in [-0.05, 0) is 17.7 Å². The molecule has 0 bridgehead atoms. The molecule has 0 amide bonds. The van der Waals surface area contributed by atoms with Crippen LogP contribution >= 0.6 is 0 Å². The van der Waals surface area contributed by atoms with E-state index in [-0.39, 0.29) is 11.1 Å². The fraction of sp³-hybridized carbons (Fsp3) is 0. The number of nitrogens with one attached hydrogen (secondary N) is 1. The minimum absolute atomic E-state index is 0.209. The van der Waals surface area contributed by atoms with Crippen LogP contribution in [0.3, 0.4) is 0 Å². The lowest BCUT2D eigenvalue weighted by molar-refractivity contribution is 0.0695. The average molecular weight is 376 g/mol. The number of nitrogens with zero attached hydrogens (tertiary/aromatic N) is 2. The number of nitrogens with two attached hydrogens (primary N) is 1. The highest BCUT2D eigenvalue weighted by atomic mass is 16.4. The number of carboxylic acids is 2. The summed E-state index contributed by atoms with van der Waals surface area (Å²) >= 11 is 0. The Hall–Kier alpha value is -4.45. The topological polar surface area (TPSA) is 159 Å². The number of rotatable bonds is 3. The maximum atomic E-state index is 12.0. The number of anilines is 1. The SMILES string of the molecule is Nc1[nH]c(=O)c(C(=O)O)c(-c2ccc(C#Cc3cncnc3)cc2)c1C(=O)O. The maximum Gasteiger partial charge on any atom is 0.342 e. The molecule has 0 spiro atoms. The molecule has 0 aliphatic carbocycles. The van der Waals surface area contributed by atoms with Gasteiger partial charge in [0.05, 0.1) is 5.56 Å². The molecule has 2 aromatic heterocycles. The summed E-state index contributed by atoms with van der Waals surface area (Å²) in [7, 11) is 0. The molecule has 3 aromatic rings. The molecule has 138 valence electrons. The lowest BCUT2D eigenvalue weighted by Crippen LogP contribution is -2.24. The van der Waals surface area contributed by atoms with Crippen molar-refractivity contribution in [2.24, 2.45) is 0 Å². The molecule has 0 radical (unpaired) electrons. The number of H-pyrrole nitrogens is 1. The van der Waals surface area contributed by atoms with Gasteiger partial charge in [0.2, 0.25) is 0 Å². The number of hydrogen-bond acceptors (Lipinski definition) is 6. The van der Waals surface area contributed by atoms with Crippen LogP contribution in [-0.4, -0.2) is 37.1 Å². The molecule has 0 fully saturated rings. The third kappa shape index (κ3) is 3.56. The number of carbonyl (C=O) groups is 2. The minimum atomic E-state index is -1.56. The van der Waals surface area contributed by atoms with E-state index in [1.54, 1.807) is 24.5 Å². The van der Waals surface area contributed by atoms with Crippen LogP contribution in [0.15, 0.2) is 47.8 Å². The van der Waals surface area contributed by atoms with E-state index in [9.17, 15) is 24.6 Å². The Morgan fingerprint density at radius 3 is 2.07 bits per heavy atom. The van der Waals surface area contributed by atoms with Gasteiger partial charge < -0.3 is 20.9 Å². The first-order valence-corrected chi connectivity index (χ1v) is 7.78. The third-order valence-electron chi connectivity index (χ3n) is 3.76. The van der Waals surface area contributed by atoms with Crippen molar-refractivity contribution in [3.63, 3.8) is 0 Å². The van der Waals surface area contributed by atoms with Gasteiger partial charge in [-0.1, -0.05) is 24.0 Å². The van der Waals surface area contributed by atoms with Gasteiger partial charge in [0, 0.05) is 23.5 Å². The summed E-state index contributed by atoms with van der Waals surface area (Å²) in [6.07, 6.45) is 4.48. The van der Waals surface area contributed by atoms with E-state index in [4.69, 9.17) is 5.73 Å². The van der Waals surface area contributed by atoms with Gasteiger partial charge in [0.25, 0.3) is 5.56 Å². The van der Waals surface area contributed by atoms with Crippen molar-refractivity contribution >= 4 is 17.8 Å². The fourth-order valence-corrected chi connectivity index (χ4v) is 2.56. The van der Waals surface area contributed by atoms with E-state index in [0.717, 1.165) is 0 Å². The van der Waals surface area contributed by atoms with Gasteiger partial charge in [-0.15, -0.1) is 0 Å². The van der Waals surface area contributed by atoms with Crippen molar-refractivity contribution in [2.75, 3.05) is 5.73 Å². The Morgan fingerprint density at radius 1 is 0.929 bits per heavy atom. The molecule has 0 aliphatic rings. The van der Waals surface area contributed by atoms with Crippen LogP contribution in [0.4, 0.5) is 5.82 Å². The van der Waals surface area contributed by atoms with Crippen LogP contribution < -0.4 is 11.3 Å². The van der Waals surface area contributed by atoms with E-state index >= 15 is 0 Å². The Labute approximate surface area is 157 Å². The van der Waals surface area contributed by atoms with Gasteiger partial charge in [0.1, 0.15) is 23.3 Å². The predicted molar refractivity (Wildman–Crippen MR) is 98.8 cm³/mol. The second kappa shape index (κ2) is 7.43. The molecule has 3 rings (SSSR count). The Bertz CT molecular complexity index is 1190. The zero-order valence-electron chi connectivity index (χ0n) is 14.1. The molecule has 28 heavy (non-hydrogen) atoms. The molecule has 0 unspecified atom stereocenters. The van der Waals surface area contributed by atoms with E-state index in [1.165, 1.54) is 18.5 Å².